The fourth-order valence-corrected chi connectivity index (χ4v) is 0.832. The predicted molar refractivity (Wildman–Crippen MR) is 69.2 cm³/mol. The van der Waals surface area contributed by atoms with Gasteiger partial charge in [0.05, 0.1) is 0 Å². The van der Waals surface area contributed by atoms with Crippen LogP contribution >= 0.6 is 0 Å². The molecule has 0 aromatic carbocycles. The monoisotopic (exact) mass is 427 g/mol. The molecule has 3 heterocycles. The average molecular weight is 426 g/mol. The molecule has 0 atom stereocenters. The molecular formula is C15H12IrN3. The Bertz CT molecular complexity index is 308. The predicted octanol–water partition coefficient (Wildman–Crippen LogP) is 2.64. The normalized spacial score (nSPS) is 7.58. The van der Waals surface area contributed by atoms with E-state index in [2.05, 4.69) is 33.5 Å². The largest absolute Gasteiger partial charge is 3.00 e. The van der Waals surface area contributed by atoms with Gasteiger partial charge in [-0.3, -0.25) is 0 Å². The van der Waals surface area contributed by atoms with Crippen LogP contribution < -0.4 is 0 Å². The summed E-state index contributed by atoms with van der Waals surface area (Å²) in [5.41, 5.74) is 0. The number of aromatic nitrogens is 3. The van der Waals surface area contributed by atoms with Gasteiger partial charge < -0.3 is 15.0 Å². The molecule has 0 spiro atoms. The van der Waals surface area contributed by atoms with Gasteiger partial charge in [0.1, 0.15) is 0 Å². The van der Waals surface area contributed by atoms with Crippen molar-refractivity contribution in [2.24, 2.45) is 0 Å². The van der Waals surface area contributed by atoms with Crippen molar-refractivity contribution in [2.75, 3.05) is 0 Å². The van der Waals surface area contributed by atoms with Crippen LogP contribution in [-0.4, -0.2) is 15.0 Å². The second-order valence-electron chi connectivity index (χ2n) is 2.88. The number of nitrogens with zero attached hydrogens (tertiary/aromatic N) is 3. The van der Waals surface area contributed by atoms with Gasteiger partial charge >= 0.3 is 20.1 Å². The molecule has 0 aliphatic rings. The second kappa shape index (κ2) is 14.2. The Morgan fingerprint density at radius 1 is 0.474 bits per heavy atom. The SMILES string of the molecule is [Ir+3].[c-]1ccccn1.[c-]1ccccn1.[c-]1ccccn1. The van der Waals surface area contributed by atoms with Crippen molar-refractivity contribution in [3.63, 3.8) is 0 Å². The van der Waals surface area contributed by atoms with Crippen LogP contribution in [0.2, 0.25) is 0 Å². The first kappa shape index (κ1) is 17.1. The van der Waals surface area contributed by atoms with E-state index < -0.39 is 0 Å². The van der Waals surface area contributed by atoms with E-state index in [1.54, 1.807) is 36.8 Å². The molecule has 3 aromatic heterocycles. The zero-order valence-corrected chi connectivity index (χ0v) is 12.5. The molecule has 3 nitrogen and oxygen atoms in total. The van der Waals surface area contributed by atoms with Crippen LogP contribution in [0.3, 0.4) is 0 Å². The van der Waals surface area contributed by atoms with E-state index in [0.717, 1.165) is 0 Å². The Morgan fingerprint density at radius 2 is 0.789 bits per heavy atom. The van der Waals surface area contributed by atoms with Crippen molar-refractivity contribution in [1.29, 1.82) is 0 Å². The van der Waals surface area contributed by atoms with Gasteiger partial charge in [0.15, 0.2) is 0 Å². The minimum atomic E-state index is 0. The Labute approximate surface area is 127 Å². The summed E-state index contributed by atoms with van der Waals surface area (Å²) in [5, 5.41) is 0. The van der Waals surface area contributed by atoms with Gasteiger partial charge in [-0.15, -0.1) is 0 Å². The molecule has 0 aliphatic carbocycles. The quantitative estimate of drug-likeness (QED) is 0.519. The minimum Gasteiger partial charge on any atom is -0.394 e. The Kier molecular flexibility index (Phi) is 12.7. The first-order valence-electron chi connectivity index (χ1n) is 5.31. The van der Waals surface area contributed by atoms with E-state index in [0.29, 0.717) is 0 Å². The van der Waals surface area contributed by atoms with Crippen molar-refractivity contribution in [3.05, 3.63) is 91.8 Å². The van der Waals surface area contributed by atoms with E-state index in [1.165, 1.54) is 0 Å². The molecule has 3 rings (SSSR count). The summed E-state index contributed by atoms with van der Waals surface area (Å²) in [6.07, 6.45) is 13.0. The number of pyridine rings is 3. The molecule has 0 N–H and O–H groups in total. The van der Waals surface area contributed by atoms with Crippen molar-refractivity contribution in [2.45, 2.75) is 0 Å². The van der Waals surface area contributed by atoms with Crippen LogP contribution in [0.25, 0.3) is 0 Å². The molecule has 4 heteroatoms. The molecule has 0 unspecified atom stereocenters. The first-order valence-corrected chi connectivity index (χ1v) is 5.31. The van der Waals surface area contributed by atoms with Gasteiger partial charge in [-0.25, -0.2) is 0 Å². The fraction of sp³-hybridized carbons (Fsp3) is 0. The smallest absolute Gasteiger partial charge is 0.394 e. The van der Waals surface area contributed by atoms with E-state index >= 15 is 0 Å². The van der Waals surface area contributed by atoms with Crippen molar-refractivity contribution in [3.8, 4) is 0 Å². The summed E-state index contributed by atoms with van der Waals surface area (Å²) < 4.78 is 0. The summed E-state index contributed by atoms with van der Waals surface area (Å²) in [6, 6.07) is 16.5. The summed E-state index contributed by atoms with van der Waals surface area (Å²) >= 11 is 0. The minimum absolute atomic E-state index is 0. The van der Waals surface area contributed by atoms with Crippen LogP contribution in [0.4, 0.5) is 0 Å². The van der Waals surface area contributed by atoms with Crippen LogP contribution in [0.1, 0.15) is 0 Å². The Morgan fingerprint density at radius 3 is 0.842 bits per heavy atom. The second-order valence-corrected chi connectivity index (χ2v) is 2.88. The molecule has 96 valence electrons. The molecule has 0 amide bonds. The Hall–Kier alpha value is -1.90. The van der Waals surface area contributed by atoms with Crippen LogP contribution in [-0.2, 0) is 20.1 Å². The molecule has 19 heavy (non-hydrogen) atoms. The standard InChI is InChI=1S/3C5H4N.Ir/c3*1-2-4-6-5-3-1;/h3*1-4H;/q3*-1;+3. The Balaban J connectivity index is 0.000000249. The van der Waals surface area contributed by atoms with E-state index in [-0.39, 0.29) is 20.1 Å². The number of hydrogen-bond acceptors (Lipinski definition) is 3. The number of hydrogen-bond donors (Lipinski definition) is 0. The third kappa shape index (κ3) is 12.3. The third-order valence-corrected chi connectivity index (χ3v) is 1.55. The van der Waals surface area contributed by atoms with Gasteiger partial charge in [-0.05, 0) is 0 Å². The maximum atomic E-state index is 3.66. The van der Waals surface area contributed by atoms with Gasteiger partial charge in [-0.2, -0.15) is 54.6 Å². The molecule has 0 aliphatic heterocycles. The molecule has 0 fully saturated rings. The van der Waals surface area contributed by atoms with Crippen LogP contribution in [0.15, 0.2) is 73.2 Å². The van der Waals surface area contributed by atoms with Crippen molar-refractivity contribution < 1.29 is 20.1 Å². The van der Waals surface area contributed by atoms with Crippen molar-refractivity contribution in [1.82, 2.24) is 15.0 Å². The topological polar surface area (TPSA) is 38.7 Å². The molecule has 0 saturated carbocycles. The zero-order valence-electron chi connectivity index (χ0n) is 10.1. The first-order chi connectivity index (χ1) is 9.00. The molecular weight excluding hydrogens is 414 g/mol. The zero-order chi connectivity index (χ0) is 12.7. The summed E-state index contributed by atoms with van der Waals surface area (Å²) in [6.45, 7) is 0. The fourth-order valence-electron chi connectivity index (χ4n) is 0.832. The van der Waals surface area contributed by atoms with E-state index in [1.807, 2.05) is 36.4 Å². The van der Waals surface area contributed by atoms with Crippen molar-refractivity contribution >= 4 is 0 Å². The maximum Gasteiger partial charge on any atom is 3.00 e. The molecule has 0 bridgehead atoms. The van der Waals surface area contributed by atoms with Crippen LogP contribution in [0, 0.1) is 18.6 Å². The van der Waals surface area contributed by atoms with Gasteiger partial charge in [0.2, 0.25) is 0 Å². The third-order valence-electron chi connectivity index (χ3n) is 1.55. The molecule has 3 aromatic rings. The van der Waals surface area contributed by atoms with Gasteiger partial charge in [-0.1, -0.05) is 37.2 Å². The van der Waals surface area contributed by atoms with E-state index in [9.17, 15) is 0 Å². The van der Waals surface area contributed by atoms with E-state index in [4.69, 9.17) is 0 Å². The van der Waals surface area contributed by atoms with Crippen LogP contribution in [0.5, 0.6) is 0 Å². The summed E-state index contributed by atoms with van der Waals surface area (Å²) in [4.78, 5) is 11.0. The number of rotatable bonds is 0. The average Bonchev–Trinajstić information content (AvgIpc) is 2.54. The van der Waals surface area contributed by atoms with Gasteiger partial charge in [0, 0.05) is 0 Å². The molecule has 0 radical (unpaired) electrons. The molecule has 0 saturated heterocycles. The summed E-state index contributed by atoms with van der Waals surface area (Å²) in [7, 11) is 0. The maximum absolute atomic E-state index is 3.66. The van der Waals surface area contributed by atoms with Gasteiger partial charge in [0.25, 0.3) is 0 Å². The summed E-state index contributed by atoms with van der Waals surface area (Å²) in [5.74, 6) is 0.